The zero-order chi connectivity index (χ0) is 16.9. The van der Waals surface area contributed by atoms with Crippen molar-refractivity contribution in [3.63, 3.8) is 0 Å². The Morgan fingerprint density at radius 2 is 1.77 bits per heavy atom. The van der Waals surface area contributed by atoms with E-state index in [1.54, 1.807) is 27.7 Å². The van der Waals surface area contributed by atoms with E-state index in [1.807, 2.05) is 0 Å². The molecule has 1 aliphatic heterocycles. The molecule has 0 saturated carbocycles. The first-order valence-electron chi connectivity index (χ1n) is 6.59. The Hall–Kier alpha value is -2.00. The maximum absolute atomic E-state index is 14.4. The molecule has 1 amide bonds. The molecule has 9 heteroatoms. The van der Waals surface area contributed by atoms with Crippen LogP contribution in [0, 0.1) is 15.9 Å². The van der Waals surface area contributed by atoms with Crippen molar-refractivity contribution in [3.8, 4) is 0 Å². The number of nitro benzene ring substituents is 1. The van der Waals surface area contributed by atoms with Crippen molar-refractivity contribution < 1.29 is 23.4 Å². The molecular weight excluding hydrogens is 294 g/mol. The summed E-state index contributed by atoms with van der Waals surface area (Å²) in [5.74, 6) is -2.01. The summed E-state index contributed by atoms with van der Waals surface area (Å²) in [5.41, 5.74) is 2.40. The number of benzene rings is 1. The highest BCUT2D eigenvalue weighted by atomic mass is 19.1. The quantitative estimate of drug-likeness (QED) is 0.512. The second-order valence-corrected chi connectivity index (χ2v) is 6.11. The van der Waals surface area contributed by atoms with Gasteiger partial charge in [-0.1, -0.05) is 0 Å². The van der Waals surface area contributed by atoms with Crippen LogP contribution in [-0.2, 0) is 9.31 Å². The van der Waals surface area contributed by atoms with Gasteiger partial charge in [0.2, 0.25) is 5.91 Å². The SMILES string of the molecule is CC1(C)OB(c2cc(C(N)=O)cc([N+](=O)[O-])c2F)OC1(C)C. The van der Waals surface area contributed by atoms with E-state index in [0.29, 0.717) is 0 Å². The average Bonchev–Trinajstić information content (AvgIpc) is 2.57. The van der Waals surface area contributed by atoms with Gasteiger partial charge in [0.15, 0.2) is 5.82 Å². The molecule has 1 aliphatic rings. The topological polar surface area (TPSA) is 105 Å². The molecule has 7 nitrogen and oxygen atoms in total. The molecule has 0 aliphatic carbocycles. The smallest absolute Gasteiger partial charge is 0.399 e. The molecule has 0 spiro atoms. The number of primary amides is 1. The van der Waals surface area contributed by atoms with Gasteiger partial charge in [0, 0.05) is 17.1 Å². The zero-order valence-corrected chi connectivity index (χ0v) is 12.7. The van der Waals surface area contributed by atoms with E-state index < -0.39 is 40.7 Å². The minimum Gasteiger partial charge on any atom is -0.399 e. The van der Waals surface area contributed by atoms with Crippen molar-refractivity contribution in [1.82, 2.24) is 0 Å². The van der Waals surface area contributed by atoms with Gasteiger partial charge in [-0.25, -0.2) is 0 Å². The normalized spacial score (nSPS) is 19.2. The van der Waals surface area contributed by atoms with Gasteiger partial charge < -0.3 is 15.0 Å². The van der Waals surface area contributed by atoms with Crippen LogP contribution in [0.15, 0.2) is 12.1 Å². The maximum Gasteiger partial charge on any atom is 0.498 e. The van der Waals surface area contributed by atoms with E-state index in [-0.39, 0.29) is 11.0 Å². The molecule has 0 bridgehead atoms. The summed E-state index contributed by atoms with van der Waals surface area (Å²) in [6.45, 7) is 7.04. The Morgan fingerprint density at radius 3 is 2.18 bits per heavy atom. The van der Waals surface area contributed by atoms with E-state index >= 15 is 0 Å². The van der Waals surface area contributed by atoms with Gasteiger partial charge in [0.1, 0.15) is 0 Å². The molecule has 0 unspecified atom stereocenters. The van der Waals surface area contributed by atoms with Gasteiger partial charge in [0.25, 0.3) is 0 Å². The third-order valence-electron chi connectivity index (χ3n) is 4.07. The van der Waals surface area contributed by atoms with Crippen LogP contribution in [0.2, 0.25) is 0 Å². The molecule has 2 rings (SSSR count). The molecule has 22 heavy (non-hydrogen) atoms. The summed E-state index contributed by atoms with van der Waals surface area (Å²) in [5, 5.41) is 11.0. The number of nitrogens with zero attached hydrogens (tertiary/aromatic N) is 1. The lowest BCUT2D eigenvalue weighted by Crippen LogP contribution is -2.41. The number of hydrogen-bond acceptors (Lipinski definition) is 5. The molecule has 1 heterocycles. The van der Waals surface area contributed by atoms with Crippen LogP contribution in [0.3, 0.4) is 0 Å². The zero-order valence-electron chi connectivity index (χ0n) is 12.7. The van der Waals surface area contributed by atoms with E-state index in [4.69, 9.17) is 15.0 Å². The van der Waals surface area contributed by atoms with Crippen molar-refractivity contribution in [3.05, 3.63) is 33.6 Å². The molecular formula is C13H16BFN2O5. The lowest BCUT2D eigenvalue weighted by molar-refractivity contribution is -0.387. The third-order valence-corrected chi connectivity index (χ3v) is 4.07. The van der Waals surface area contributed by atoms with Crippen LogP contribution in [0.1, 0.15) is 38.1 Å². The predicted octanol–water partition coefficient (Wildman–Crippen LogP) is 1.13. The van der Waals surface area contributed by atoms with E-state index in [2.05, 4.69) is 0 Å². The van der Waals surface area contributed by atoms with Crippen molar-refractivity contribution in [1.29, 1.82) is 0 Å². The van der Waals surface area contributed by atoms with Gasteiger partial charge in [-0.3, -0.25) is 14.9 Å². The fourth-order valence-corrected chi connectivity index (χ4v) is 2.05. The fraction of sp³-hybridized carbons (Fsp3) is 0.462. The third kappa shape index (κ3) is 2.57. The summed E-state index contributed by atoms with van der Waals surface area (Å²) >= 11 is 0. The number of amides is 1. The van der Waals surface area contributed by atoms with Gasteiger partial charge in [-0.15, -0.1) is 0 Å². The first kappa shape index (κ1) is 16.4. The van der Waals surface area contributed by atoms with Crippen molar-refractivity contribution in [2.45, 2.75) is 38.9 Å². The Kier molecular flexibility index (Phi) is 3.74. The lowest BCUT2D eigenvalue weighted by atomic mass is 9.77. The molecule has 0 aromatic heterocycles. The Bertz CT molecular complexity index is 646. The van der Waals surface area contributed by atoms with Crippen LogP contribution < -0.4 is 11.2 Å². The lowest BCUT2D eigenvalue weighted by Gasteiger charge is -2.32. The van der Waals surface area contributed by atoms with E-state index in [1.165, 1.54) is 0 Å². The minimum absolute atomic E-state index is 0.183. The largest absolute Gasteiger partial charge is 0.498 e. The van der Waals surface area contributed by atoms with Crippen LogP contribution in [0.25, 0.3) is 0 Å². The first-order chi connectivity index (χ1) is 9.96. The molecule has 0 atom stereocenters. The average molecular weight is 310 g/mol. The Labute approximate surface area is 126 Å². The fourth-order valence-electron chi connectivity index (χ4n) is 2.05. The second kappa shape index (κ2) is 5.03. The standard InChI is InChI=1S/C13H16BFN2O5/c1-12(2)13(3,4)22-14(21-12)8-5-7(11(16)18)6-9(10(8)15)17(19)20/h5-6H,1-4H3,(H2,16,18). The number of hydrogen-bond donors (Lipinski definition) is 1. The summed E-state index contributed by atoms with van der Waals surface area (Å²) in [4.78, 5) is 21.3. The highest BCUT2D eigenvalue weighted by Gasteiger charge is 2.53. The highest BCUT2D eigenvalue weighted by molar-refractivity contribution is 6.62. The van der Waals surface area contributed by atoms with Gasteiger partial charge in [-0.05, 0) is 33.8 Å². The van der Waals surface area contributed by atoms with Crippen LogP contribution in [0.5, 0.6) is 0 Å². The Morgan fingerprint density at radius 1 is 1.27 bits per heavy atom. The molecule has 1 aromatic carbocycles. The highest BCUT2D eigenvalue weighted by Crippen LogP contribution is 2.37. The first-order valence-corrected chi connectivity index (χ1v) is 6.59. The maximum atomic E-state index is 14.4. The van der Waals surface area contributed by atoms with Crippen molar-refractivity contribution in [2.24, 2.45) is 5.73 Å². The van der Waals surface area contributed by atoms with Gasteiger partial charge in [0.05, 0.1) is 16.1 Å². The van der Waals surface area contributed by atoms with Crippen molar-refractivity contribution >= 4 is 24.2 Å². The van der Waals surface area contributed by atoms with E-state index in [0.717, 1.165) is 12.1 Å². The minimum atomic E-state index is -1.16. The summed E-state index contributed by atoms with van der Waals surface area (Å²) in [6.07, 6.45) is 0. The molecule has 0 radical (unpaired) electrons. The Balaban J connectivity index is 2.57. The molecule has 1 aromatic rings. The number of carbonyl (C=O) groups excluding carboxylic acids is 1. The predicted molar refractivity (Wildman–Crippen MR) is 77.3 cm³/mol. The number of nitro groups is 1. The number of rotatable bonds is 3. The van der Waals surface area contributed by atoms with Crippen LogP contribution in [0.4, 0.5) is 10.1 Å². The van der Waals surface area contributed by atoms with Crippen LogP contribution >= 0.6 is 0 Å². The number of halogens is 1. The molecule has 2 N–H and O–H groups in total. The number of carbonyl (C=O) groups is 1. The van der Waals surface area contributed by atoms with Crippen molar-refractivity contribution in [2.75, 3.05) is 0 Å². The summed E-state index contributed by atoms with van der Waals surface area (Å²) in [7, 11) is -1.16. The summed E-state index contributed by atoms with van der Waals surface area (Å²) in [6, 6.07) is 1.92. The molecule has 1 fully saturated rings. The van der Waals surface area contributed by atoms with Gasteiger partial charge in [-0.2, -0.15) is 4.39 Å². The monoisotopic (exact) mass is 310 g/mol. The molecule has 118 valence electrons. The second-order valence-electron chi connectivity index (χ2n) is 6.11. The van der Waals surface area contributed by atoms with E-state index in [9.17, 15) is 19.3 Å². The molecule has 1 saturated heterocycles. The van der Waals surface area contributed by atoms with Gasteiger partial charge >= 0.3 is 12.8 Å². The number of nitrogens with two attached hydrogens (primary N) is 1. The van der Waals surface area contributed by atoms with Crippen LogP contribution in [-0.4, -0.2) is 29.2 Å². The summed E-state index contributed by atoms with van der Waals surface area (Å²) < 4.78 is 25.7.